The van der Waals surface area contributed by atoms with Crippen molar-refractivity contribution in [3.05, 3.63) is 71.0 Å². The second-order valence-corrected chi connectivity index (χ2v) is 10.9. The van der Waals surface area contributed by atoms with Crippen LogP contribution in [0.25, 0.3) is 0 Å². The number of oxazole rings is 1. The first-order valence-electron chi connectivity index (χ1n) is 14.1. The molecule has 1 saturated carbocycles. The number of aliphatic hydroxyl groups is 1. The van der Waals surface area contributed by atoms with E-state index in [9.17, 15) is 9.90 Å². The normalized spacial score (nSPS) is 20.1. The summed E-state index contributed by atoms with van der Waals surface area (Å²) in [4.78, 5) is 27.5. The van der Waals surface area contributed by atoms with Crippen LogP contribution in [0, 0.1) is 12.8 Å². The number of ether oxygens (including phenoxy) is 2. The summed E-state index contributed by atoms with van der Waals surface area (Å²) in [5.74, 6) is 1.79. The molecular weight excluding hydrogens is 510 g/mol. The third-order valence-electron chi connectivity index (χ3n) is 8.12. The highest BCUT2D eigenvalue weighted by Crippen LogP contribution is 2.30. The largest absolute Gasteiger partial charge is 0.485 e. The van der Waals surface area contributed by atoms with Gasteiger partial charge in [-0.3, -0.25) is 9.69 Å². The topological polar surface area (TPSA) is 123 Å². The zero-order valence-electron chi connectivity index (χ0n) is 23.3. The lowest BCUT2D eigenvalue weighted by molar-refractivity contribution is 0.0567. The average Bonchev–Trinajstić information content (AvgIpc) is 3.50. The molecule has 1 atom stereocenters. The van der Waals surface area contributed by atoms with Crippen LogP contribution < -0.4 is 10.1 Å². The molecule has 1 fully saturated rings. The number of β-amino-alcohol motifs (C(OH)–C–C–N with tert-alkyl or cyclic N) is 1. The van der Waals surface area contributed by atoms with E-state index in [0.717, 1.165) is 68.6 Å². The Morgan fingerprint density at radius 3 is 2.88 bits per heavy atom. The van der Waals surface area contributed by atoms with Gasteiger partial charge in [-0.1, -0.05) is 6.07 Å². The maximum Gasteiger partial charge on any atom is 0.270 e. The number of benzene rings is 1. The minimum atomic E-state index is -0.687. The monoisotopic (exact) mass is 549 g/mol. The van der Waals surface area contributed by atoms with Crippen molar-refractivity contribution in [2.45, 2.75) is 70.8 Å². The number of nitrogens with one attached hydrogen (secondary N) is 1. The van der Waals surface area contributed by atoms with E-state index in [-0.39, 0.29) is 12.5 Å². The predicted molar refractivity (Wildman–Crippen MR) is 148 cm³/mol. The second-order valence-electron chi connectivity index (χ2n) is 10.9. The molecule has 1 aliphatic carbocycles. The Bertz CT molecular complexity index is 1260. The first-order chi connectivity index (χ1) is 19.5. The molecule has 3 heterocycles. The second kappa shape index (κ2) is 13.3. The van der Waals surface area contributed by atoms with Crippen LogP contribution >= 0.6 is 0 Å². The molecule has 214 valence electrons. The molecule has 0 bridgehead atoms. The van der Waals surface area contributed by atoms with E-state index in [4.69, 9.17) is 13.9 Å². The van der Waals surface area contributed by atoms with Crippen LogP contribution in [0.3, 0.4) is 0 Å². The summed E-state index contributed by atoms with van der Waals surface area (Å²) in [6.45, 7) is 4.63. The first kappa shape index (κ1) is 28.2. The van der Waals surface area contributed by atoms with Crippen molar-refractivity contribution >= 4 is 5.91 Å². The van der Waals surface area contributed by atoms with Crippen LogP contribution in [0.15, 0.2) is 41.5 Å². The van der Waals surface area contributed by atoms with Gasteiger partial charge in [-0.05, 0) is 80.2 Å². The number of aromatic nitrogens is 3. The van der Waals surface area contributed by atoms with Crippen LogP contribution in [0.2, 0.25) is 0 Å². The Morgan fingerprint density at radius 1 is 1.25 bits per heavy atom. The highest BCUT2D eigenvalue weighted by atomic mass is 16.5. The van der Waals surface area contributed by atoms with Crippen molar-refractivity contribution in [1.29, 1.82) is 0 Å². The lowest BCUT2D eigenvalue weighted by Crippen LogP contribution is -2.42. The first-order valence-corrected chi connectivity index (χ1v) is 14.1. The third-order valence-corrected chi connectivity index (χ3v) is 8.12. The van der Waals surface area contributed by atoms with Crippen LogP contribution in [-0.2, 0) is 30.7 Å². The molecule has 1 aliphatic heterocycles. The minimum Gasteiger partial charge on any atom is -0.485 e. The molecule has 0 radical (unpaired) electrons. The van der Waals surface area contributed by atoms with Gasteiger partial charge in [-0.25, -0.2) is 15.0 Å². The van der Waals surface area contributed by atoms with E-state index in [2.05, 4.69) is 38.2 Å². The van der Waals surface area contributed by atoms with Gasteiger partial charge >= 0.3 is 0 Å². The highest BCUT2D eigenvalue weighted by molar-refractivity contribution is 5.92. The number of hydrogen-bond acceptors (Lipinski definition) is 9. The average molecular weight is 550 g/mol. The SMILES string of the molecule is COC1CCC(Cc2cc(C(=O)NC[C@H](O)CN3CCc4c(ccc(OCc5cnco5)c4C)C3)ncn2)CC1. The van der Waals surface area contributed by atoms with E-state index in [1.807, 2.05) is 6.07 Å². The minimum absolute atomic E-state index is 0.163. The van der Waals surface area contributed by atoms with Crippen LogP contribution in [0.4, 0.5) is 0 Å². The maximum atomic E-state index is 12.8. The fourth-order valence-electron chi connectivity index (χ4n) is 5.82. The third kappa shape index (κ3) is 7.24. The number of rotatable bonds is 11. The Morgan fingerprint density at radius 2 is 2.10 bits per heavy atom. The number of carbonyl (C=O) groups excluding carboxylic acids is 1. The van der Waals surface area contributed by atoms with E-state index in [1.165, 1.54) is 23.8 Å². The predicted octanol–water partition coefficient (Wildman–Crippen LogP) is 3.25. The number of hydrogen-bond donors (Lipinski definition) is 2. The van der Waals surface area contributed by atoms with Gasteiger partial charge in [0.05, 0.1) is 18.4 Å². The Kier molecular flexibility index (Phi) is 9.41. The molecule has 2 N–H and O–H groups in total. The maximum absolute atomic E-state index is 12.8. The molecular formula is C30H39N5O5. The van der Waals surface area contributed by atoms with E-state index < -0.39 is 6.10 Å². The highest BCUT2D eigenvalue weighted by Gasteiger charge is 2.24. The smallest absolute Gasteiger partial charge is 0.270 e. The number of methoxy groups -OCH3 is 1. The van der Waals surface area contributed by atoms with Crippen molar-refractivity contribution in [1.82, 2.24) is 25.2 Å². The van der Waals surface area contributed by atoms with Gasteiger partial charge < -0.3 is 24.3 Å². The molecule has 10 heteroatoms. The summed E-state index contributed by atoms with van der Waals surface area (Å²) >= 11 is 0. The Labute approximate surface area is 235 Å². The fourth-order valence-corrected chi connectivity index (χ4v) is 5.82. The lowest BCUT2D eigenvalue weighted by atomic mass is 9.84. The molecule has 2 aliphatic rings. The molecule has 3 aromatic rings. The summed E-state index contributed by atoms with van der Waals surface area (Å²) in [5.41, 5.74) is 4.88. The summed E-state index contributed by atoms with van der Waals surface area (Å²) in [7, 11) is 1.78. The van der Waals surface area contributed by atoms with Crippen LogP contribution in [0.1, 0.15) is 64.3 Å². The van der Waals surface area contributed by atoms with Crippen LogP contribution in [0.5, 0.6) is 5.75 Å². The quantitative estimate of drug-likeness (QED) is 0.371. The molecule has 0 saturated heterocycles. The number of aliphatic hydroxyl groups excluding tert-OH is 1. The summed E-state index contributed by atoms with van der Waals surface area (Å²) in [6, 6.07) is 5.86. The number of carbonyl (C=O) groups is 1. The van der Waals surface area contributed by atoms with Crippen molar-refractivity contribution < 1.29 is 23.8 Å². The zero-order valence-corrected chi connectivity index (χ0v) is 23.3. The van der Waals surface area contributed by atoms with Crippen molar-refractivity contribution in [3.63, 3.8) is 0 Å². The summed E-state index contributed by atoms with van der Waals surface area (Å²) < 4.78 is 16.7. The van der Waals surface area contributed by atoms with Gasteiger partial charge in [0.1, 0.15) is 24.4 Å². The molecule has 2 aromatic heterocycles. The van der Waals surface area contributed by atoms with E-state index in [0.29, 0.717) is 36.6 Å². The van der Waals surface area contributed by atoms with Gasteiger partial charge in [0.15, 0.2) is 12.2 Å². The lowest BCUT2D eigenvalue weighted by Gasteiger charge is -2.31. The Hall–Kier alpha value is -3.34. The van der Waals surface area contributed by atoms with Gasteiger partial charge in [0.2, 0.25) is 0 Å². The molecule has 1 amide bonds. The number of amides is 1. The van der Waals surface area contributed by atoms with Crippen molar-refractivity contribution in [3.8, 4) is 5.75 Å². The van der Waals surface area contributed by atoms with Crippen LogP contribution in [-0.4, -0.2) is 69.8 Å². The van der Waals surface area contributed by atoms with Crippen molar-refractivity contribution in [2.24, 2.45) is 5.92 Å². The summed E-state index contributed by atoms with van der Waals surface area (Å²) in [5, 5.41) is 13.5. The number of nitrogens with zero attached hydrogens (tertiary/aromatic N) is 4. The molecule has 1 aromatic carbocycles. The van der Waals surface area contributed by atoms with Crippen molar-refractivity contribution in [2.75, 3.05) is 26.7 Å². The zero-order chi connectivity index (χ0) is 27.9. The molecule has 5 rings (SSSR count). The van der Waals surface area contributed by atoms with Gasteiger partial charge in [0.25, 0.3) is 5.91 Å². The van der Waals surface area contributed by atoms with Gasteiger partial charge in [-0.15, -0.1) is 0 Å². The van der Waals surface area contributed by atoms with Gasteiger partial charge in [-0.2, -0.15) is 0 Å². The standard InChI is InChI=1S/C30H39N5O5/c1-20-27-9-10-35(15-22(27)5-8-29(20)39-17-26-14-31-19-40-26)16-24(36)13-32-30(37)28-12-23(33-18-34-28)11-21-3-6-25(38-2)7-4-21/h5,8,12,14,18-19,21,24-25,36H,3-4,6-7,9-11,13,15-17H2,1-2H3,(H,32,37)/t21?,24-,25?/m0/s1. The fraction of sp³-hybridized carbons (Fsp3) is 0.533. The van der Waals surface area contributed by atoms with E-state index in [1.54, 1.807) is 19.4 Å². The number of fused-ring (bicyclic) bond motifs is 1. The Balaban J connectivity index is 1.08. The summed E-state index contributed by atoms with van der Waals surface area (Å²) in [6.07, 6.45) is 10.2. The molecule has 0 unspecified atom stereocenters. The molecule has 40 heavy (non-hydrogen) atoms. The molecule has 10 nitrogen and oxygen atoms in total. The molecule has 0 spiro atoms. The van der Waals surface area contributed by atoms with Gasteiger partial charge in [0, 0.05) is 39.0 Å². The van der Waals surface area contributed by atoms with E-state index >= 15 is 0 Å².